The van der Waals surface area contributed by atoms with Gasteiger partial charge < -0.3 is 14.2 Å². The minimum absolute atomic E-state index is 0.110. The molecule has 0 radical (unpaired) electrons. The van der Waals surface area contributed by atoms with Crippen molar-refractivity contribution < 1.29 is 14.1 Å². The zero-order valence-corrected chi connectivity index (χ0v) is 15.1. The molecule has 9 nitrogen and oxygen atoms in total. The fourth-order valence-electron chi connectivity index (χ4n) is 3.24. The van der Waals surface area contributed by atoms with E-state index in [-0.39, 0.29) is 12.0 Å². The largest absolute Gasteiger partial charge is 0.362 e. The standard InChI is InChI=1S/C17H20N6O3/c1-9-5-15-18-6-13(11(3)23(15)20-9)17(24)22-7-10(2)25-14(8-22)16-19-12(4)21-26-16/h5-6,10,14H,7-8H2,1-4H3/t10-,14-/m1/s1. The van der Waals surface area contributed by atoms with E-state index in [1.807, 2.05) is 26.8 Å². The second-order valence-corrected chi connectivity index (χ2v) is 6.64. The molecular formula is C17H20N6O3. The molecule has 4 rings (SSSR count). The summed E-state index contributed by atoms with van der Waals surface area (Å²) in [5.41, 5.74) is 2.87. The van der Waals surface area contributed by atoms with Gasteiger partial charge in [0.25, 0.3) is 11.8 Å². The van der Waals surface area contributed by atoms with Gasteiger partial charge in [0, 0.05) is 18.8 Å². The van der Waals surface area contributed by atoms with Gasteiger partial charge in [-0.1, -0.05) is 5.16 Å². The summed E-state index contributed by atoms with van der Waals surface area (Å²) < 4.78 is 12.8. The summed E-state index contributed by atoms with van der Waals surface area (Å²) in [6.45, 7) is 8.27. The molecule has 0 saturated carbocycles. The van der Waals surface area contributed by atoms with Crippen molar-refractivity contribution in [2.75, 3.05) is 13.1 Å². The van der Waals surface area contributed by atoms with E-state index >= 15 is 0 Å². The lowest BCUT2D eigenvalue weighted by molar-refractivity contribution is -0.0810. The fourth-order valence-corrected chi connectivity index (χ4v) is 3.24. The molecule has 0 aliphatic carbocycles. The Labute approximate surface area is 150 Å². The van der Waals surface area contributed by atoms with E-state index in [2.05, 4.69) is 20.2 Å². The summed E-state index contributed by atoms with van der Waals surface area (Å²) in [6.07, 6.45) is 1.03. The van der Waals surface area contributed by atoms with Gasteiger partial charge in [0.05, 0.1) is 29.6 Å². The van der Waals surface area contributed by atoms with Crippen LogP contribution in [0.2, 0.25) is 0 Å². The minimum atomic E-state index is -0.437. The molecule has 1 aliphatic heterocycles. The lowest BCUT2D eigenvalue weighted by atomic mass is 10.1. The minimum Gasteiger partial charge on any atom is -0.362 e. The number of nitrogens with zero attached hydrogens (tertiary/aromatic N) is 6. The van der Waals surface area contributed by atoms with Gasteiger partial charge in [-0.15, -0.1) is 0 Å². The molecule has 136 valence electrons. The number of fused-ring (bicyclic) bond motifs is 1. The Morgan fingerprint density at radius 1 is 1.27 bits per heavy atom. The van der Waals surface area contributed by atoms with E-state index in [1.165, 1.54) is 0 Å². The average Bonchev–Trinajstić information content (AvgIpc) is 3.20. The molecule has 26 heavy (non-hydrogen) atoms. The van der Waals surface area contributed by atoms with Crippen LogP contribution in [0.25, 0.3) is 5.65 Å². The second kappa shape index (κ2) is 6.17. The Kier molecular flexibility index (Phi) is 3.95. The summed E-state index contributed by atoms with van der Waals surface area (Å²) >= 11 is 0. The van der Waals surface area contributed by atoms with E-state index in [0.717, 1.165) is 17.0 Å². The molecule has 3 aromatic heterocycles. The fraction of sp³-hybridized carbons (Fsp3) is 0.471. The van der Waals surface area contributed by atoms with Crippen LogP contribution in [-0.2, 0) is 4.74 Å². The van der Waals surface area contributed by atoms with E-state index in [9.17, 15) is 4.79 Å². The third-order valence-electron chi connectivity index (χ3n) is 4.44. The summed E-state index contributed by atoms with van der Waals surface area (Å²) in [5.74, 6) is 0.820. The van der Waals surface area contributed by atoms with Gasteiger partial charge in [0.15, 0.2) is 17.6 Å². The highest BCUT2D eigenvalue weighted by Gasteiger charge is 2.33. The van der Waals surface area contributed by atoms with Crippen molar-refractivity contribution in [2.45, 2.75) is 39.9 Å². The lowest BCUT2D eigenvalue weighted by Gasteiger charge is -2.35. The number of rotatable bonds is 2. The van der Waals surface area contributed by atoms with Crippen LogP contribution in [-0.4, -0.2) is 54.7 Å². The SMILES string of the molecule is Cc1cc2ncc(C(=O)N3C[C@@H](C)O[C@@H](c4nc(C)no4)C3)c(C)n2n1. The van der Waals surface area contributed by atoms with Gasteiger partial charge in [0.2, 0.25) is 0 Å². The Morgan fingerprint density at radius 3 is 2.81 bits per heavy atom. The molecule has 0 spiro atoms. The molecule has 9 heteroatoms. The van der Waals surface area contributed by atoms with E-state index < -0.39 is 6.10 Å². The van der Waals surface area contributed by atoms with Crippen LogP contribution in [0.4, 0.5) is 0 Å². The molecule has 4 heterocycles. The van der Waals surface area contributed by atoms with Crippen molar-refractivity contribution in [3.05, 3.63) is 40.9 Å². The number of carbonyl (C=O) groups is 1. The highest BCUT2D eigenvalue weighted by molar-refractivity contribution is 5.95. The van der Waals surface area contributed by atoms with Gasteiger partial charge in [-0.2, -0.15) is 10.1 Å². The predicted molar refractivity (Wildman–Crippen MR) is 90.7 cm³/mol. The number of hydrogen-bond donors (Lipinski definition) is 0. The van der Waals surface area contributed by atoms with E-state index in [1.54, 1.807) is 22.5 Å². The Balaban J connectivity index is 1.63. The van der Waals surface area contributed by atoms with Gasteiger partial charge >= 0.3 is 0 Å². The number of ether oxygens (including phenoxy) is 1. The van der Waals surface area contributed by atoms with Crippen LogP contribution in [0.3, 0.4) is 0 Å². The molecule has 0 N–H and O–H groups in total. The lowest BCUT2D eigenvalue weighted by Crippen LogP contribution is -2.46. The monoisotopic (exact) mass is 356 g/mol. The molecule has 2 atom stereocenters. The Hall–Kier alpha value is -2.81. The van der Waals surface area contributed by atoms with Gasteiger partial charge in [-0.3, -0.25) is 4.79 Å². The number of amides is 1. The smallest absolute Gasteiger partial charge is 0.257 e. The highest BCUT2D eigenvalue weighted by atomic mass is 16.5. The van der Waals surface area contributed by atoms with Crippen LogP contribution in [0.1, 0.15) is 46.5 Å². The maximum absolute atomic E-state index is 13.1. The summed E-state index contributed by atoms with van der Waals surface area (Å²) in [7, 11) is 0. The van der Waals surface area contributed by atoms with Crippen LogP contribution in [0.15, 0.2) is 16.8 Å². The normalized spacial score (nSPS) is 20.7. The topological polar surface area (TPSA) is 98.7 Å². The summed E-state index contributed by atoms with van der Waals surface area (Å²) in [6, 6.07) is 1.88. The molecule has 1 fully saturated rings. The Bertz CT molecular complexity index is 978. The van der Waals surface area contributed by atoms with E-state index in [4.69, 9.17) is 9.26 Å². The highest BCUT2D eigenvalue weighted by Crippen LogP contribution is 2.25. The molecule has 1 amide bonds. The third kappa shape index (κ3) is 2.84. The number of hydrogen-bond acceptors (Lipinski definition) is 7. The molecule has 1 saturated heterocycles. The van der Waals surface area contributed by atoms with Crippen LogP contribution in [0.5, 0.6) is 0 Å². The predicted octanol–water partition coefficient (Wildman–Crippen LogP) is 1.64. The first-order valence-electron chi connectivity index (χ1n) is 8.49. The zero-order chi connectivity index (χ0) is 18.4. The van der Waals surface area contributed by atoms with Crippen molar-refractivity contribution in [3.8, 4) is 0 Å². The average molecular weight is 356 g/mol. The van der Waals surface area contributed by atoms with Gasteiger partial charge in [-0.25, -0.2) is 9.50 Å². The number of aryl methyl sites for hydroxylation is 3. The second-order valence-electron chi connectivity index (χ2n) is 6.64. The van der Waals surface area contributed by atoms with Crippen molar-refractivity contribution in [3.63, 3.8) is 0 Å². The zero-order valence-electron chi connectivity index (χ0n) is 15.1. The maximum atomic E-state index is 13.1. The maximum Gasteiger partial charge on any atom is 0.257 e. The van der Waals surface area contributed by atoms with Crippen LogP contribution < -0.4 is 0 Å². The van der Waals surface area contributed by atoms with E-state index in [0.29, 0.717) is 30.4 Å². The summed E-state index contributed by atoms with van der Waals surface area (Å²) in [4.78, 5) is 23.5. The van der Waals surface area contributed by atoms with Crippen molar-refractivity contribution >= 4 is 11.6 Å². The number of aromatic nitrogens is 5. The molecule has 0 aromatic carbocycles. The summed E-state index contributed by atoms with van der Waals surface area (Å²) in [5, 5.41) is 8.21. The quantitative estimate of drug-likeness (QED) is 0.688. The van der Waals surface area contributed by atoms with Crippen molar-refractivity contribution in [1.82, 2.24) is 29.6 Å². The number of morpholine rings is 1. The molecule has 0 bridgehead atoms. The van der Waals surface area contributed by atoms with Gasteiger partial charge in [-0.05, 0) is 27.7 Å². The first kappa shape index (κ1) is 16.6. The molecule has 3 aromatic rings. The molecular weight excluding hydrogens is 336 g/mol. The Morgan fingerprint density at radius 2 is 2.08 bits per heavy atom. The van der Waals surface area contributed by atoms with Gasteiger partial charge in [0.1, 0.15) is 0 Å². The molecule has 0 unspecified atom stereocenters. The van der Waals surface area contributed by atoms with Crippen molar-refractivity contribution in [1.29, 1.82) is 0 Å². The third-order valence-corrected chi connectivity index (χ3v) is 4.44. The number of carbonyl (C=O) groups excluding carboxylic acids is 1. The first-order chi connectivity index (χ1) is 12.4. The first-order valence-corrected chi connectivity index (χ1v) is 8.49. The van der Waals surface area contributed by atoms with Crippen molar-refractivity contribution in [2.24, 2.45) is 0 Å². The van der Waals surface area contributed by atoms with Crippen LogP contribution >= 0.6 is 0 Å². The van der Waals surface area contributed by atoms with Crippen LogP contribution in [0, 0.1) is 20.8 Å². The molecule has 1 aliphatic rings.